The van der Waals surface area contributed by atoms with Crippen LogP contribution in [0, 0.1) is 11.6 Å². The lowest BCUT2D eigenvalue weighted by atomic mass is 9.78. The number of fused-ring (bicyclic) bond motifs is 1. The molecule has 0 saturated carbocycles. The van der Waals surface area contributed by atoms with Gasteiger partial charge in [0.15, 0.2) is 11.6 Å². The van der Waals surface area contributed by atoms with E-state index in [1.54, 1.807) is 6.92 Å². The number of nitrogens with one attached hydrogen (secondary N) is 1. The molecular formula is C15H14BF2NO2. The second-order valence-electron chi connectivity index (χ2n) is 5.02. The van der Waals surface area contributed by atoms with E-state index in [4.69, 9.17) is 4.65 Å². The lowest BCUT2D eigenvalue weighted by Crippen LogP contribution is -2.32. The van der Waals surface area contributed by atoms with Gasteiger partial charge in [-0.25, -0.2) is 8.78 Å². The van der Waals surface area contributed by atoms with Crippen molar-refractivity contribution >= 4 is 18.3 Å². The molecule has 2 aromatic rings. The van der Waals surface area contributed by atoms with Crippen LogP contribution in [-0.4, -0.2) is 12.1 Å². The van der Waals surface area contributed by atoms with E-state index in [-0.39, 0.29) is 11.2 Å². The minimum absolute atomic E-state index is 0.0691. The fraction of sp³-hybridized carbons (Fsp3) is 0.200. The maximum absolute atomic E-state index is 14.1. The first kappa shape index (κ1) is 14.0. The molecule has 0 radical (unpaired) electrons. The number of hydrogen-bond acceptors (Lipinski definition) is 3. The zero-order chi connectivity index (χ0) is 15.0. The highest BCUT2D eigenvalue weighted by molar-refractivity contribution is 6.61. The number of halogens is 2. The Hall–Kier alpha value is -1.92. The zero-order valence-electron chi connectivity index (χ0n) is 11.4. The van der Waals surface area contributed by atoms with Crippen molar-refractivity contribution in [2.24, 2.45) is 0 Å². The van der Waals surface area contributed by atoms with Crippen LogP contribution in [0.15, 0.2) is 36.4 Å². The lowest BCUT2D eigenvalue weighted by molar-refractivity contribution is 0.209. The molecule has 0 spiro atoms. The average molecular weight is 289 g/mol. The summed E-state index contributed by atoms with van der Waals surface area (Å²) in [6.45, 7) is 2.07. The molecule has 0 aromatic heterocycles. The Balaban J connectivity index is 1.90. The van der Waals surface area contributed by atoms with Crippen molar-refractivity contribution in [1.82, 2.24) is 0 Å². The summed E-state index contributed by atoms with van der Waals surface area (Å²) < 4.78 is 33.2. The van der Waals surface area contributed by atoms with Crippen molar-refractivity contribution in [2.45, 2.75) is 19.6 Å². The third-order valence-corrected chi connectivity index (χ3v) is 3.62. The second kappa shape index (κ2) is 5.46. The molecule has 0 bridgehead atoms. The first-order valence-electron chi connectivity index (χ1n) is 6.71. The number of anilines is 1. The molecule has 3 rings (SSSR count). The van der Waals surface area contributed by atoms with Gasteiger partial charge in [0.05, 0.1) is 11.8 Å². The highest BCUT2D eigenvalue weighted by Crippen LogP contribution is 2.29. The summed E-state index contributed by atoms with van der Waals surface area (Å²) >= 11 is 0. The SMILES string of the molecule is CC1OB(O)c2c1cc(NCc1ccccc1)c(F)c2F. The van der Waals surface area contributed by atoms with Gasteiger partial charge in [0.1, 0.15) is 0 Å². The molecule has 1 aliphatic rings. The molecule has 1 atom stereocenters. The molecule has 108 valence electrons. The summed E-state index contributed by atoms with van der Waals surface area (Å²) in [5.74, 6) is -2.05. The molecule has 2 aromatic carbocycles. The summed E-state index contributed by atoms with van der Waals surface area (Å²) in [5, 5.41) is 12.5. The van der Waals surface area contributed by atoms with Crippen LogP contribution in [0.4, 0.5) is 14.5 Å². The maximum atomic E-state index is 14.1. The summed E-state index contributed by atoms with van der Waals surface area (Å²) in [7, 11) is -1.41. The van der Waals surface area contributed by atoms with E-state index in [2.05, 4.69) is 5.32 Å². The summed E-state index contributed by atoms with van der Waals surface area (Å²) in [4.78, 5) is 0. The molecule has 21 heavy (non-hydrogen) atoms. The normalized spacial score (nSPS) is 17.0. The van der Waals surface area contributed by atoms with Crippen molar-refractivity contribution in [3.05, 3.63) is 59.2 Å². The fourth-order valence-corrected chi connectivity index (χ4v) is 2.50. The van der Waals surface area contributed by atoms with E-state index in [9.17, 15) is 13.8 Å². The standard InChI is InChI=1S/C15H14BF2NO2/c1-9-11-7-12(19-8-10-5-3-2-4-6-10)14(17)15(18)13(11)16(20)21-9/h2-7,9,19-20H,8H2,1H3. The van der Waals surface area contributed by atoms with E-state index in [0.717, 1.165) is 5.56 Å². The van der Waals surface area contributed by atoms with Gasteiger partial charge in [0.25, 0.3) is 0 Å². The summed E-state index contributed by atoms with van der Waals surface area (Å²) in [5.41, 5.74) is 1.39. The Morgan fingerprint density at radius 2 is 1.95 bits per heavy atom. The Kier molecular flexibility index (Phi) is 3.65. The molecule has 1 heterocycles. The smallest absolute Gasteiger partial charge is 0.423 e. The van der Waals surface area contributed by atoms with Crippen LogP contribution in [0.3, 0.4) is 0 Å². The highest BCUT2D eigenvalue weighted by Gasteiger charge is 2.38. The van der Waals surface area contributed by atoms with Crippen molar-refractivity contribution < 1.29 is 18.5 Å². The van der Waals surface area contributed by atoms with E-state index in [0.29, 0.717) is 12.1 Å². The molecule has 0 amide bonds. The molecule has 3 nitrogen and oxygen atoms in total. The number of rotatable bonds is 3. The summed E-state index contributed by atoms with van der Waals surface area (Å²) in [6.07, 6.45) is -0.470. The topological polar surface area (TPSA) is 41.5 Å². The van der Waals surface area contributed by atoms with Gasteiger partial charge in [-0.05, 0) is 24.1 Å². The zero-order valence-corrected chi connectivity index (χ0v) is 11.4. The number of benzene rings is 2. The first-order chi connectivity index (χ1) is 10.1. The van der Waals surface area contributed by atoms with Crippen LogP contribution in [-0.2, 0) is 11.2 Å². The van der Waals surface area contributed by atoms with E-state index in [1.165, 1.54) is 6.07 Å². The van der Waals surface area contributed by atoms with Gasteiger partial charge in [0, 0.05) is 12.0 Å². The van der Waals surface area contributed by atoms with Gasteiger partial charge in [-0.1, -0.05) is 30.3 Å². The minimum Gasteiger partial charge on any atom is -0.423 e. The van der Waals surface area contributed by atoms with Crippen molar-refractivity contribution in [3.63, 3.8) is 0 Å². The first-order valence-corrected chi connectivity index (χ1v) is 6.71. The molecule has 0 aliphatic carbocycles. The number of hydrogen-bond donors (Lipinski definition) is 2. The monoisotopic (exact) mass is 289 g/mol. The molecule has 2 N–H and O–H groups in total. The van der Waals surface area contributed by atoms with Gasteiger partial charge >= 0.3 is 7.12 Å². The van der Waals surface area contributed by atoms with Gasteiger partial charge < -0.3 is 15.0 Å². The van der Waals surface area contributed by atoms with Crippen LogP contribution in [0.1, 0.15) is 24.2 Å². The lowest BCUT2D eigenvalue weighted by Gasteiger charge is -2.12. The summed E-state index contributed by atoms with van der Waals surface area (Å²) in [6, 6.07) is 10.9. The molecule has 1 unspecified atom stereocenters. The van der Waals surface area contributed by atoms with Crippen molar-refractivity contribution in [2.75, 3.05) is 5.32 Å². The maximum Gasteiger partial charge on any atom is 0.495 e. The third-order valence-electron chi connectivity index (χ3n) is 3.62. The third kappa shape index (κ3) is 2.52. The Morgan fingerprint density at radius 1 is 1.24 bits per heavy atom. The van der Waals surface area contributed by atoms with Gasteiger partial charge in [0.2, 0.25) is 0 Å². The van der Waals surface area contributed by atoms with E-state index < -0.39 is 24.9 Å². The van der Waals surface area contributed by atoms with Crippen LogP contribution in [0.25, 0.3) is 0 Å². The molecular weight excluding hydrogens is 275 g/mol. The van der Waals surface area contributed by atoms with Crippen LogP contribution in [0.2, 0.25) is 0 Å². The molecule has 1 aliphatic heterocycles. The molecule has 0 fully saturated rings. The van der Waals surface area contributed by atoms with Crippen LogP contribution >= 0.6 is 0 Å². The van der Waals surface area contributed by atoms with Gasteiger partial charge in [-0.3, -0.25) is 0 Å². The Bertz CT molecular complexity index is 666. The predicted molar refractivity (Wildman–Crippen MR) is 77.2 cm³/mol. The highest BCUT2D eigenvalue weighted by atomic mass is 19.2. The quantitative estimate of drug-likeness (QED) is 0.852. The molecule has 6 heteroatoms. The Labute approximate surface area is 121 Å². The van der Waals surface area contributed by atoms with Gasteiger partial charge in [-0.2, -0.15) is 0 Å². The Morgan fingerprint density at radius 3 is 2.67 bits per heavy atom. The van der Waals surface area contributed by atoms with E-state index >= 15 is 0 Å². The van der Waals surface area contributed by atoms with Gasteiger partial charge in [-0.15, -0.1) is 0 Å². The van der Waals surface area contributed by atoms with E-state index in [1.807, 2.05) is 30.3 Å². The second-order valence-corrected chi connectivity index (χ2v) is 5.02. The predicted octanol–water partition coefficient (Wildman–Crippen LogP) is 2.36. The van der Waals surface area contributed by atoms with Crippen molar-refractivity contribution in [3.8, 4) is 0 Å². The fourth-order valence-electron chi connectivity index (χ4n) is 2.50. The minimum atomic E-state index is -1.41. The molecule has 0 saturated heterocycles. The average Bonchev–Trinajstić information content (AvgIpc) is 2.77. The largest absolute Gasteiger partial charge is 0.495 e. The van der Waals surface area contributed by atoms with Crippen LogP contribution < -0.4 is 10.8 Å². The van der Waals surface area contributed by atoms with Crippen LogP contribution in [0.5, 0.6) is 0 Å². The van der Waals surface area contributed by atoms with Crippen molar-refractivity contribution in [1.29, 1.82) is 0 Å².